The first-order valence-electron chi connectivity index (χ1n) is 10.8. The molecule has 0 radical (unpaired) electrons. The van der Waals surface area contributed by atoms with Crippen molar-refractivity contribution >= 4 is 23.7 Å². The number of carbonyl (C=O) groups is 4. The number of ether oxygens (including phenoxy) is 1. The van der Waals surface area contributed by atoms with Gasteiger partial charge in [0.1, 0.15) is 6.04 Å². The molecule has 0 aromatic rings. The minimum atomic E-state index is -1.00. The molecular formula is C21H32N2O5. The number of nitrogens with zero attached hydrogens (tertiary/aromatic N) is 1. The van der Waals surface area contributed by atoms with Crippen molar-refractivity contribution in [2.75, 3.05) is 0 Å². The summed E-state index contributed by atoms with van der Waals surface area (Å²) in [5, 5.41) is 2.97. The molecule has 0 aromatic heterocycles. The SMILES string of the molecule is C[C@H](OC(=O)[C@H](C)N1C(=O)[C@H]2CCCC[C@H]2C1=O)C(=O)NC1CCCCCC1. The molecule has 0 aromatic carbocycles. The maximum atomic E-state index is 12.6. The lowest BCUT2D eigenvalue weighted by atomic mass is 9.81. The van der Waals surface area contributed by atoms with Gasteiger partial charge in [0.25, 0.3) is 5.91 Å². The topological polar surface area (TPSA) is 92.8 Å². The van der Waals surface area contributed by atoms with Crippen LogP contribution in [0.1, 0.15) is 78.1 Å². The fourth-order valence-electron chi connectivity index (χ4n) is 4.74. The van der Waals surface area contributed by atoms with Gasteiger partial charge in [-0.1, -0.05) is 38.5 Å². The molecule has 28 heavy (non-hydrogen) atoms. The molecule has 1 heterocycles. The quantitative estimate of drug-likeness (QED) is 0.440. The summed E-state index contributed by atoms with van der Waals surface area (Å²) in [5.74, 6) is -2.16. The molecule has 3 amide bonds. The number of imide groups is 1. The molecule has 3 aliphatic rings. The highest BCUT2D eigenvalue weighted by Gasteiger charge is 2.51. The largest absolute Gasteiger partial charge is 0.451 e. The van der Waals surface area contributed by atoms with Crippen LogP contribution in [-0.2, 0) is 23.9 Å². The first kappa shape index (κ1) is 20.8. The van der Waals surface area contributed by atoms with E-state index in [1.165, 1.54) is 26.7 Å². The van der Waals surface area contributed by atoms with Gasteiger partial charge in [-0.15, -0.1) is 0 Å². The molecule has 0 bridgehead atoms. The zero-order valence-electron chi connectivity index (χ0n) is 16.9. The Balaban J connectivity index is 1.55. The molecule has 7 heteroatoms. The van der Waals surface area contributed by atoms with Crippen molar-refractivity contribution in [2.24, 2.45) is 11.8 Å². The number of esters is 1. The van der Waals surface area contributed by atoms with Gasteiger partial charge in [-0.2, -0.15) is 0 Å². The minimum absolute atomic E-state index is 0.124. The standard InChI is InChI=1S/C21H32N2O5/c1-13(23-19(25)16-11-7-8-12-17(16)20(23)26)21(27)28-14(2)18(24)22-15-9-5-3-4-6-10-15/h13-17H,3-12H2,1-2H3,(H,22,24)/t13-,14-,16-,17+/m0/s1. The summed E-state index contributed by atoms with van der Waals surface area (Å²) in [6, 6.07) is -0.878. The van der Waals surface area contributed by atoms with E-state index < -0.39 is 18.1 Å². The summed E-state index contributed by atoms with van der Waals surface area (Å²) >= 11 is 0. The zero-order valence-corrected chi connectivity index (χ0v) is 16.9. The van der Waals surface area contributed by atoms with Crippen LogP contribution in [0.15, 0.2) is 0 Å². The van der Waals surface area contributed by atoms with E-state index in [1.807, 2.05) is 0 Å². The molecule has 3 rings (SSSR count). The molecule has 0 spiro atoms. The van der Waals surface area contributed by atoms with Gasteiger partial charge in [0.2, 0.25) is 11.8 Å². The monoisotopic (exact) mass is 392 g/mol. The lowest BCUT2D eigenvalue weighted by molar-refractivity contribution is -0.164. The number of carbonyl (C=O) groups excluding carboxylic acids is 4. The van der Waals surface area contributed by atoms with Gasteiger partial charge in [0.15, 0.2) is 6.10 Å². The molecule has 7 nitrogen and oxygen atoms in total. The van der Waals surface area contributed by atoms with Crippen molar-refractivity contribution < 1.29 is 23.9 Å². The maximum Gasteiger partial charge on any atom is 0.329 e. The van der Waals surface area contributed by atoms with Gasteiger partial charge >= 0.3 is 5.97 Å². The van der Waals surface area contributed by atoms with Crippen molar-refractivity contribution in [1.29, 1.82) is 0 Å². The Kier molecular flexibility index (Phi) is 6.73. The third kappa shape index (κ3) is 4.39. The summed E-state index contributed by atoms with van der Waals surface area (Å²) < 4.78 is 5.31. The summed E-state index contributed by atoms with van der Waals surface area (Å²) in [7, 11) is 0. The fourth-order valence-corrected chi connectivity index (χ4v) is 4.74. The number of rotatable bonds is 5. The van der Waals surface area contributed by atoms with Crippen LogP contribution in [0.25, 0.3) is 0 Å². The van der Waals surface area contributed by atoms with Gasteiger partial charge in [0.05, 0.1) is 11.8 Å². The predicted octanol–water partition coefficient (Wildman–Crippen LogP) is 2.32. The van der Waals surface area contributed by atoms with Gasteiger partial charge in [-0.3, -0.25) is 19.3 Å². The fraction of sp³-hybridized carbons (Fsp3) is 0.810. The van der Waals surface area contributed by atoms with E-state index in [4.69, 9.17) is 4.74 Å². The first-order valence-corrected chi connectivity index (χ1v) is 10.8. The van der Waals surface area contributed by atoms with Crippen LogP contribution in [-0.4, -0.2) is 46.8 Å². The third-order valence-corrected chi connectivity index (χ3v) is 6.47. The number of hydrogen-bond donors (Lipinski definition) is 1. The second kappa shape index (κ2) is 9.05. The van der Waals surface area contributed by atoms with Gasteiger partial charge in [-0.05, 0) is 39.5 Å². The Morgan fingerprint density at radius 3 is 1.93 bits per heavy atom. The second-order valence-electron chi connectivity index (χ2n) is 8.50. The van der Waals surface area contributed by atoms with Gasteiger partial charge < -0.3 is 10.1 Å². The molecule has 2 aliphatic carbocycles. The van der Waals surface area contributed by atoms with E-state index >= 15 is 0 Å². The smallest absolute Gasteiger partial charge is 0.329 e. The van der Waals surface area contributed by atoms with Crippen LogP contribution >= 0.6 is 0 Å². The molecule has 156 valence electrons. The van der Waals surface area contributed by atoms with E-state index in [0.717, 1.165) is 43.4 Å². The van der Waals surface area contributed by atoms with Crippen LogP contribution in [0, 0.1) is 11.8 Å². The highest BCUT2D eigenvalue weighted by atomic mass is 16.5. The first-order chi connectivity index (χ1) is 13.4. The Hall–Kier alpha value is -1.92. The maximum absolute atomic E-state index is 12.6. The molecule has 4 atom stereocenters. The van der Waals surface area contributed by atoms with E-state index in [-0.39, 0.29) is 35.6 Å². The summed E-state index contributed by atoms with van der Waals surface area (Å²) in [6.07, 6.45) is 8.79. The molecule has 2 saturated carbocycles. The normalized spacial score (nSPS) is 28.3. The third-order valence-electron chi connectivity index (χ3n) is 6.47. The van der Waals surface area contributed by atoms with Gasteiger partial charge in [0, 0.05) is 6.04 Å². The summed E-state index contributed by atoms with van der Waals surface area (Å²) in [5.41, 5.74) is 0. The van der Waals surface area contributed by atoms with Crippen molar-refractivity contribution in [2.45, 2.75) is 96.2 Å². The van der Waals surface area contributed by atoms with Crippen LogP contribution in [0.5, 0.6) is 0 Å². The molecule has 1 aliphatic heterocycles. The van der Waals surface area contributed by atoms with Crippen LogP contribution in [0.4, 0.5) is 0 Å². The second-order valence-corrected chi connectivity index (χ2v) is 8.50. The Labute approximate surface area is 166 Å². The predicted molar refractivity (Wildman–Crippen MR) is 102 cm³/mol. The molecule has 1 saturated heterocycles. The molecule has 3 fully saturated rings. The van der Waals surface area contributed by atoms with E-state index in [0.29, 0.717) is 12.8 Å². The Morgan fingerprint density at radius 1 is 0.893 bits per heavy atom. The minimum Gasteiger partial charge on any atom is -0.451 e. The Morgan fingerprint density at radius 2 is 1.39 bits per heavy atom. The summed E-state index contributed by atoms with van der Waals surface area (Å²) in [6.45, 7) is 3.04. The highest BCUT2D eigenvalue weighted by molar-refractivity contribution is 6.07. The molecule has 0 unspecified atom stereocenters. The van der Waals surface area contributed by atoms with E-state index in [9.17, 15) is 19.2 Å². The highest BCUT2D eigenvalue weighted by Crippen LogP contribution is 2.38. The van der Waals surface area contributed by atoms with Crippen LogP contribution in [0.3, 0.4) is 0 Å². The average molecular weight is 392 g/mol. The molecule has 1 N–H and O–H groups in total. The number of hydrogen-bond acceptors (Lipinski definition) is 5. The lowest BCUT2D eigenvalue weighted by Gasteiger charge is -2.24. The van der Waals surface area contributed by atoms with Gasteiger partial charge in [-0.25, -0.2) is 4.79 Å². The van der Waals surface area contributed by atoms with Crippen molar-refractivity contribution in [3.63, 3.8) is 0 Å². The number of amides is 3. The molecular weight excluding hydrogens is 360 g/mol. The number of nitrogens with one attached hydrogen (secondary N) is 1. The summed E-state index contributed by atoms with van der Waals surface area (Å²) in [4.78, 5) is 51.3. The van der Waals surface area contributed by atoms with E-state index in [1.54, 1.807) is 0 Å². The lowest BCUT2D eigenvalue weighted by Crippen LogP contribution is -2.47. The Bertz CT molecular complexity index is 602. The van der Waals surface area contributed by atoms with Crippen LogP contribution < -0.4 is 5.32 Å². The van der Waals surface area contributed by atoms with Crippen LogP contribution in [0.2, 0.25) is 0 Å². The number of fused-ring (bicyclic) bond motifs is 1. The van der Waals surface area contributed by atoms with Crippen molar-refractivity contribution in [1.82, 2.24) is 10.2 Å². The number of likely N-dealkylation sites (tertiary alicyclic amines) is 1. The van der Waals surface area contributed by atoms with E-state index in [2.05, 4.69) is 5.32 Å². The average Bonchev–Trinajstić information content (AvgIpc) is 2.85. The van der Waals surface area contributed by atoms with Crippen molar-refractivity contribution in [3.8, 4) is 0 Å². The zero-order chi connectivity index (χ0) is 20.3. The van der Waals surface area contributed by atoms with Crippen molar-refractivity contribution in [3.05, 3.63) is 0 Å².